The molecule has 2 heterocycles. The van der Waals surface area contributed by atoms with Crippen LogP contribution < -0.4 is 4.74 Å². The summed E-state index contributed by atoms with van der Waals surface area (Å²) in [5, 5.41) is 11.5. The molecule has 2 aromatic rings. The molecule has 1 aliphatic heterocycles. The van der Waals surface area contributed by atoms with Gasteiger partial charge in [-0.1, -0.05) is 24.8 Å². The van der Waals surface area contributed by atoms with Gasteiger partial charge in [0.2, 0.25) is 5.78 Å². The maximum Gasteiger partial charge on any atom is 0.290 e. The second-order valence-electron chi connectivity index (χ2n) is 7.15. The Morgan fingerprint density at radius 1 is 1.32 bits per heavy atom. The van der Waals surface area contributed by atoms with E-state index in [1.807, 2.05) is 6.92 Å². The minimum atomic E-state index is -0.702. The van der Waals surface area contributed by atoms with Crippen LogP contribution in [0, 0.1) is 13.8 Å². The molecule has 0 saturated carbocycles. The molecule has 1 unspecified atom stereocenters. The van der Waals surface area contributed by atoms with E-state index in [9.17, 15) is 14.7 Å². The zero-order valence-corrected chi connectivity index (χ0v) is 18.7. The third-order valence-corrected chi connectivity index (χ3v) is 6.04. The number of Topliss-reactive ketones (excluding diaryl/α,β-unsaturated/α-hetero) is 1. The minimum absolute atomic E-state index is 0.0777. The van der Waals surface area contributed by atoms with Gasteiger partial charge in [0.05, 0.1) is 27.2 Å². The molecule has 0 bridgehead atoms. The molecule has 1 amide bonds. The number of nitrogens with zero attached hydrogens (tertiary/aromatic N) is 2. The summed E-state index contributed by atoms with van der Waals surface area (Å²) < 4.78 is 10.6. The number of aryl methyl sites for hydroxylation is 2. The molecule has 0 saturated heterocycles. The molecule has 0 fully saturated rings. The zero-order valence-electron chi connectivity index (χ0n) is 17.9. The lowest BCUT2D eigenvalue weighted by Crippen LogP contribution is -2.32. The van der Waals surface area contributed by atoms with Crippen molar-refractivity contribution in [1.29, 1.82) is 0 Å². The number of amides is 1. The molecule has 31 heavy (non-hydrogen) atoms. The molecule has 1 N–H and O–H groups in total. The van der Waals surface area contributed by atoms with Crippen molar-refractivity contribution in [3.8, 4) is 5.75 Å². The number of ether oxygens (including phenoxy) is 2. The normalized spacial score (nSPS) is 16.2. The standard InChI is InChI=1S/C23H26N2O5S/c1-5-12-30-17-9-7-16(8-10-17)19-18(20(26)22-14(2)24-15(3)31-22)21(27)23(28)25(19)11-6-13-29-4/h5,7-10,19,27H,1,6,11-13H2,2-4H3. The van der Waals surface area contributed by atoms with Crippen LogP contribution >= 0.6 is 11.3 Å². The van der Waals surface area contributed by atoms with E-state index in [1.165, 1.54) is 16.2 Å². The van der Waals surface area contributed by atoms with E-state index in [-0.39, 0.29) is 11.4 Å². The minimum Gasteiger partial charge on any atom is -0.503 e. The van der Waals surface area contributed by atoms with Crippen molar-refractivity contribution in [3.05, 3.63) is 69.4 Å². The Labute approximate surface area is 185 Å². The smallest absolute Gasteiger partial charge is 0.290 e. The molecule has 1 aliphatic rings. The lowest BCUT2D eigenvalue weighted by molar-refractivity contribution is -0.129. The summed E-state index contributed by atoms with van der Waals surface area (Å²) in [7, 11) is 1.59. The van der Waals surface area contributed by atoms with Crippen molar-refractivity contribution in [2.24, 2.45) is 0 Å². The average molecular weight is 443 g/mol. The first-order valence-electron chi connectivity index (χ1n) is 9.94. The number of thiazole rings is 1. The van der Waals surface area contributed by atoms with Gasteiger partial charge in [-0.15, -0.1) is 11.3 Å². The third-order valence-electron chi connectivity index (χ3n) is 4.97. The highest BCUT2D eigenvalue weighted by atomic mass is 32.1. The Kier molecular flexibility index (Phi) is 7.25. The molecule has 1 atom stereocenters. The fourth-order valence-corrected chi connectivity index (χ4v) is 4.48. The Hall–Kier alpha value is -2.97. The van der Waals surface area contributed by atoms with Crippen LogP contribution in [0.25, 0.3) is 0 Å². The van der Waals surface area contributed by atoms with Crippen molar-refractivity contribution in [2.45, 2.75) is 26.3 Å². The van der Waals surface area contributed by atoms with Gasteiger partial charge in [0.15, 0.2) is 5.76 Å². The van der Waals surface area contributed by atoms with Gasteiger partial charge in [-0.3, -0.25) is 9.59 Å². The second-order valence-corrected chi connectivity index (χ2v) is 8.36. The van der Waals surface area contributed by atoms with Gasteiger partial charge in [0.1, 0.15) is 12.4 Å². The van der Waals surface area contributed by atoms with E-state index in [0.717, 1.165) is 5.01 Å². The van der Waals surface area contributed by atoms with Crippen molar-refractivity contribution in [3.63, 3.8) is 0 Å². The fourth-order valence-electron chi connectivity index (χ4n) is 3.61. The van der Waals surface area contributed by atoms with E-state index in [1.54, 1.807) is 44.4 Å². The van der Waals surface area contributed by atoms with Crippen LogP contribution in [0.15, 0.2) is 48.3 Å². The number of aromatic nitrogens is 1. The number of benzene rings is 1. The molecular formula is C23H26N2O5S. The third kappa shape index (κ3) is 4.70. The van der Waals surface area contributed by atoms with Gasteiger partial charge in [-0.05, 0) is 38.0 Å². The first-order valence-corrected chi connectivity index (χ1v) is 10.8. The number of methoxy groups -OCH3 is 1. The van der Waals surface area contributed by atoms with Gasteiger partial charge in [-0.25, -0.2) is 4.98 Å². The SMILES string of the molecule is C=CCOc1ccc(C2C(C(=O)c3sc(C)nc3C)=C(O)C(=O)N2CCCOC)cc1. The van der Waals surface area contributed by atoms with Crippen LogP contribution in [0.2, 0.25) is 0 Å². The molecule has 0 spiro atoms. The molecule has 7 nitrogen and oxygen atoms in total. The first-order chi connectivity index (χ1) is 14.9. The summed E-state index contributed by atoms with van der Waals surface area (Å²) in [4.78, 5) is 32.6. The lowest BCUT2D eigenvalue weighted by Gasteiger charge is -2.27. The van der Waals surface area contributed by atoms with Crippen molar-refractivity contribution < 1.29 is 24.2 Å². The Morgan fingerprint density at radius 2 is 2.03 bits per heavy atom. The van der Waals surface area contributed by atoms with Gasteiger partial charge >= 0.3 is 0 Å². The van der Waals surface area contributed by atoms with Gasteiger partial charge < -0.3 is 19.5 Å². The number of hydrogen-bond acceptors (Lipinski definition) is 7. The molecule has 164 valence electrons. The number of ketones is 1. The molecule has 8 heteroatoms. The number of aliphatic hydroxyl groups is 1. The quantitative estimate of drug-likeness (QED) is 0.341. The molecule has 0 aliphatic carbocycles. The Morgan fingerprint density at radius 3 is 2.61 bits per heavy atom. The monoisotopic (exact) mass is 442 g/mol. The second kappa shape index (κ2) is 9.89. The van der Waals surface area contributed by atoms with Gasteiger partial charge in [0, 0.05) is 20.3 Å². The van der Waals surface area contributed by atoms with E-state index >= 15 is 0 Å². The number of carbonyl (C=O) groups excluding carboxylic acids is 2. The van der Waals surface area contributed by atoms with Crippen LogP contribution in [-0.2, 0) is 9.53 Å². The van der Waals surface area contributed by atoms with Crippen LogP contribution in [0.5, 0.6) is 5.75 Å². The first kappa shape index (κ1) is 22.7. The highest BCUT2D eigenvalue weighted by molar-refractivity contribution is 7.14. The van der Waals surface area contributed by atoms with Crippen LogP contribution in [0.1, 0.15) is 38.4 Å². The average Bonchev–Trinajstić information content (AvgIpc) is 3.22. The van der Waals surface area contributed by atoms with E-state index in [0.29, 0.717) is 48.1 Å². The number of carbonyl (C=O) groups is 2. The summed E-state index contributed by atoms with van der Waals surface area (Å²) in [6.45, 7) is 8.38. The van der Waals surface area contributed by atoms with Crippen LogP contribution in [0.4, 0.5) is 0 Å². The summed E-state index contributed by atoms with van der Waals surface area (Å²) in [6.07, 6.45) is 2.23. The van der Waals surface area contributed by atoms with E-state index in [2.05, 4.69) is 11.6 Å². The largest absolute Gasteiger partial charge is 0.503 e. The van der Waals surface area contributed by atoms with Crippen LogP contribution in [0.3, 0.4) is 0 Å². The maximum atomic E-state index is 13.4. The molecular weight excluding hydrogens is 416 g/mol. The lowest BCUT2D eigenvalue weighted by atomic mass is 9.95. The highest BCUT2D eigenvalue weighted by Gasteiger charge is 2.44. The van der Waals surface area contributed by atoms with Crippen molar-refractivity contribution >= 4 is 23.0 Å². The van der Waals surface area contributed by atoms with Gasteiger partial charge in [-0.2, -0.15) is 0 Å². The molecule has 1 aromatic heterocycles. The molecule has 0 radical (unpaired) electrons. The van der Waals surface area contributed by atoms with E-state index < -0.39 is 17.7 Å². The summed E-state index contributed by atoms with van der Waals surface area (Å²) in [5.41, 5.74) is 1.38. The van der Waals surface area contributed by atoms with Gasteiger partial charge in [0.25, 0.3) is 5.91 Å². The highest BCUT2D eigenvalue weighted by Crippen LogP contribution is 2.40. The topological polar surface area (TPSA) is 89.0 Å². The Balaban J connectivity index is 2.01. The number of rotatable bonds is 10. The summed E-state index contributed by atoms with van der Waals surface area (Å²) in [5.74, 6) is -0.797. The van der Waals surface area contributed by atoms with Crippen LogP contribution in [-0.4, -0.2) is 53.5 Å². The summed E-state index contributed by atoms with van der Waals surface area (Å²) in [6, 6.07) is 6.45. The molecule has 3 rings (SSSR count). The fraction of sp³-hybridized carbons (Fsp3) is 0.348. The number of aliphatic hydroxyl groups excluding tert-OH is 1. The predicted octanol–water partition coefficient (Wildman–Crippen LogP) is 3.94. The predicted molar refractivity (Wildman–Crippen MR) is 119 cm³/mol. The van der Waals surface area contributed by atoms with Crippen molar-refractivity contribution in [1.82, 2.24) is 9.88 Å². The van der Waals surface area contributed by atoms with Crippen molar-refractivity contribution in [2.75, 3.05) is 26.9 Å². The number of hydrogen-bond donors (Lipinski definition) is 1. The molecule has 1 aromatic carbocycles. The van der Waals surface area contributed by atoms with E-state index in [4.69, 9.17) is 9.47 Å². The zero-order chi connectivity index (χ0) is 22.5. The maximum absolute atomic E-state index is 13.4. The Bertz CT molecular complexity index is 1010. The summed E-state index contributed by atoms with van der Waals surface area (Å²) >= 11 is 1.26.